The van der Waals surface area contributed by atoms with E-state index in [9.17, 15) is 14.4 Å². The maximum Gasteiger partial charge on any atom is 0.507 e. The lowest BCUT2D eigenvalue weighted by Gasteiger charge is -2.24. The number of ether oxygens (including phenoxy) is 1. The van der Waals surface area contributed by atoms with Gasteiger partial charge in [-0.25, -0.2) is 14.8 Å². The van der Waals surface area contributed by atoms with Gasteiger partial charge in [0, 0.05) is 37.0 Å². The molecule has 2 aliphatic heterocycles. The Morgan fingerprint density at radius 1 is 0.923 bits per heavy atom. The van der Waals surface area contributed by atoms with E-state index in [1.165, 1.54) is 4.90 Å². The number of amides is 2. The lowest BCUT2D eigenvalue weighted by Crippen LogP contribution is -2.38. The Balaban J connectivity index is 1.38. The number of nitrogens with zero attached hydrogens (tertiary/aromatic N) is 4. The van der Waals surface area contributed by atoms with Gasteiger partial charge in [-0.05, 0) is 46.9 Å². The van der Waals surface area contributed by atoms with Crippen LogP contribution in [0.15, 0.2) is 66.7 Å². The van der Waals surface area contributed by atoms with Crippen LogP contribution in [0, 0.1) is 0 Å². The quantitative estimate of drug-likeness (QED) is 0.378. The first kappa shape index (κ1) is 24.4. The number of hydrogen-bond acceptors (Lipinski definition) is 7. The first-order chi connectivity index (χ1) is 18.9. The molecule has 0 radical (unpaired) electrons. The molecule has 1 fully saturated rings. The van der Waals surface area contributed by atoms with Crippen molar-refractivity contribution in [1.82, 2.24) is 19.8 Å². The molecule has 0 aliphatic carbocycles. The van der Waals surface area contributed by atoms with Gasteiger partial charge < -0.3 is 25.4 Å². The second-order valence-electron chi connectivity index (χ2n) is 9.62. The van der Waals surface area contributed by atoms with Crippen molar-refractivity contribution in [2.24, 2.45) is 0 Å². The van der Waals surface area contributed by atoms with E-state index in [0.29, 0.717) is 60.1 Å². The number of nitrogen functional groups attached to an aromatic ring is 1. The summed E-state index contributed by atoms with van der Waals surface area (Å²) in [6.07, 6.45) is -1.15. The monoisotopic (exact) mass is 523 g/mol. The van der Waals surface area contributed by atoms with E-state index < -0.39 is 12.4 Å². The normalized spacial score (nSPS) is 16.4. The Labute approximate surface area is 223 Å². The third-order valence-electron chi connectivity index (χ3n) is 7.21. The highest BCUT2D eigenvalue weighted by Gasteiger charge is 2.33. The largest absolute Gasteiger partial charge is 0.507 e. The van der Waals surface area contributed by atoms with Crippen LogP contribution in [0.25, 0.3) is 22.0 Å². The molecule has 10 nitrogen and oxygen atoms in total. The minimum absolute atomic E-state index is 0.00407. The summed E-state index contributed by atoms with van der Waals surface area (Å²) in [4.78, 5) is 50.2. The van der Waals surface area contributed by atoms with Crippen LogP contribution in [0.5, 0.6) is 0 Å². The van der Waals surface area contributed by atoms with E-state index in [2.05, 4.69) is 9.97 Å². The van der Waals surface area contributed by atoms with Crippen molar-refractivity contribution in [2.75, 3.05) is 12.3 Å². The molecule has 1 unspecified atom stereocenters. The van der Waals surface area contributed by atoms with Crippen LogP contribution in [0.2, 0.25) is 0 Å². The van der Waals surface area contributed by atoms with Crippen molar-refractivity contribution in [1.29, 1.82) is 0 Å². The van der Waals surface area contributed by atoms with Crippen molar-refractivity contribution >= 4 is 34.8 Å². The molecule has 1 atom stereocenters. The van der Waals surface area contributed by atoms with Crippen LogP contribution in [-0.4, -0.2) is 55.6 Å². The van der Waals surface area contributed by atoms with Crippen molar-refractivity contribution in [3.63, 3.8) is 0 Å². The van der Waals surface area contributed by atoms with E-state index in [1.54, 1.807) is 29.2 Å². The van der Waals surface area contributed by atoms with Crippen LogP contribution in [-0.2, 0) is 17.8 Å². The second-order valence-corrected chi connectivity index (χ2v) is 9.62. The highest BCUT2D eigenvalue weighted by atomic mass is 16.7. The summed E-state index contributed by atoms with van der Waals surface area (Å²) in [5.41, 5.74) is 10.6. The molecule has 1 aromatic heterocycles. The topological polar surface area (TPSA) is 139 Å². The van der Waals surface area contributed by atoms with E-state index in [-0.39, 0.29) is 23.5 Å². The van der Waals surface area contributed by atoms with Gasteiger partial charge >= 0.3 is 6.16 Å². The minimum atomic E-state index is -1.42. The molecule has 0 bridgehead atoms. The predicted molar refractivity (Wildman–Crippen MR) is 143 cm³/mol. The Morgan fingerprint density at radius 3 is 2.38 bits per heavy atom. The summed E-state index contributed by atoms with van der Waals surface area (Å²) in [6, 6.07) is 20.4. The zero-order valence-corrected chi connectivity index (χ0v) is 20.9. The molecular weight excluding hydrogens is 498 g/mol. The van der Waals surface area contributed by atoms with Gasteiger partial charge in [-0.3, -0.25) is 9.59 Å². The molecule has 3 N–H and O–H groups in total. The van der Waals surface area contributed by atoms with Crippen LogP contribution >= 0.6 is 0 Å². The summed E-state index contributed by atoms with van der Waals surface area (Å²) in [6.45, 7) is 1.35. The SMILES string of the molecule is Nc1nc(C(=O)N2Cc3ccccc3C2)c2cc(-c3ccccc3C(=O)N3CCCC3OC(=O)O)ccc2n1. The molecule has 2 aliphatic rings. The van der Waals surface area contributed by atoms with Crippen molar-refractivity contribution in [3.8, 4) is 11.1 Å². The molecule has 10 heteroatoms. The van der Waals surface area contributed by atoms with E-state index in [4.69, 9.17) is 15.6 Å². The number of carboxylic acid groups (broad SMARTS) is 1. The number of likely N-dealkylation sites (tertiary alicyclic amines) is 1. The average Bonchev–Trinajstić information content (AvgIpc) is 3.58. The molecule has 3 heterocycles. The fourth-order valence-electron chi connectivity index (χ4n) is 5.39. The Kier molecular flexibility index (Phi) is 6.07. The number of benzene rings is 3. The third kappa shape index (κ3) is 4.50. The van der Waals surface area contributed by atoms with Gasteiger partial charge in [0.05, 0.1) is 5.52 Å². The van der Waals surface area contributed by atoms with Crippen LogP contribution in [0.4, 0.5) is 10.7 Å². The zero-order valence-electron chi connectivity index (χ0n) is 20.9. The minimum Gasteiger partial charge on any atom is -0.450 e. The standard InChI is InChI=1S/C29H25N5O5/c30-28-31-23-12-11-17(14-22(23)25(32-28)27(36)33-15-18-6-1-2-7-19(18)16-33)20-8-3-4-9-21(20)26(35)34-13-5-10-24(34)39-29(37)38/h1-4,6-9,11-12,14,24H,5,10,13,15-16H2,(H,37,38)(H2,30,31,32). The number of anilines is 1. The number of carbonyl (C=O) groups is 3. The van der Waals surface area contributed by atoms with Gasteiger partial charge in [0.2, 0.25) is 5.95 Å². The summed E-state index contributed by atoms with van der Waals surface area (Å²) in [5, 5.41) is 9.61. The van der Waals surface area contributed by atoms with Gasteiger partial charge in [0.15, 0.2) is 6.23 Å². The Bertz CT molecular complexity index is 1610. The number of nitrogens with two attached hydrogens (primary N) is 1. The first-order valence-electron chi connectivity index (χ1n) is 12.6. The molecule has 1 saturated heterocycles. The van der Waals surface area contributed by atoms with Gasteiger partial charge in [0.25, 0.3) is 11.8 Å². The lowest BCUT2D eigenvalue weighted by atomic mass is 9.97. The maximum absolute atomic E-state index is 13.7. The Hall–Kier alpha value is -4.99. The smallest absolute Gasteiger partial charge is 0.450 e. The van der Waals surface area contributed by atoms with Crippen molar-refractivity contribution < 1.29 is 24.2 Å². The summed E-state index contributed by atoms with van der Waals surface area (Å²) in [5.74, 6) is -0.573. The second kappa shape index (κ2) is 9.71. The molecule has 6 rings (SSSR count). The molecular formula is C29H25N5O5. The molecule has 3 aromatic carbocycles. The molecule has 196 valence electrons. The summed E-state index contributed by atoms with van der Waals surface area (Å²) in [7, 11) is 0. The van der Waals surface area contributed by atoms with E-state index >= 15 is 0 Å². The summed E-state index contributed by atoms with van der Waals surface area (Å²) < 4.78 is 4.95. The molecule has 0 saturated carbocycles. The predicted octanol–water partition coefficient (Wildman–Crippen LogP) is 4.29. The number of fused-ring (bicyclic) bond motifs is 2. The van der Waals surface area contributed by atoms with Gasteiger partial charge in [-0.15, -0.1) is 0 Å². The zero-order chi connectivity index (χ0) is 27.1. The number of rotatable bonds is 4. The van der Waals surface area contributed by atoms with Gasteiger partial charge in [0.1, 0.15) is 5.69 Å². The maximum atomic E-state index is 13.7. The molecule has 4 aromatic rings. The highest BCUT2D eigenvalue weighted by molar-refractivity contribution is 6.07. The van der Waals surface area contributed by atoms with Crippen LogP contribution in [0.3, 0.4) is 0 Å². The van der Waals surface area contributed by atoms with Gasteiger partial charge in [-0.1, -0.05) is 48.5 Å². The fourth-order valence-corrected chi connectivity index (χ4v) is 5.39. The van der Waals surface area contributed by atoms with E-state index in [0.717, 1.165) is 11.1 Å². The first-order valence-corrected chi connectivity index (χ1v) is 12.6. The van der Waals surface area contributed by atoms with E-state index in [1.807, 2.05) is 42.5 Å². The molecule has 2 amide bonds. The van der Waals surface area contributed by atoms with Crippen molar-refractivity contribution in [3.05, 3.63) is 89.1 Å². The third-order valence-corrected chi connectivity index (χ3v) is 7.21. The number of hydrogen-bond donors (Lipinski definition) is 2. The van der Waals surface area contributed by atoms with Crippen molar-refractivity contribution in [2.45, 2.75) is 32.2 Å². The molecule has 39 heavy (non-hydrogen) atoms. The Morgan fingerprint density at radius 2 is 1.64 bits per heavy atom. The van der Waals surface area contributed by atoms with Crippen LogP contribution in [0.1, 0.15) is 44.8 Å². The number of carbonyl (C=O) groups excluding carboxylic acids is 2. The molecule has 0 spiro atoms. The fraction of sp³-hybridized carbons (Fsp3) is 0.207. The average molecular weight is 524 g/mol. The van der Waals surface area contributed by atoms with Gasteiger partial charge in [-0.2, -0.15) is 0 Å². The summed E-state index contributed by atoms with van der Waals surface area (Å²) >= 11 is 0. The lowest BCUT2D eigenvalue weighted by molar-refractivity contribution is -0.00702. The number of aromatic nitrogens is 2. The van der Waals surface area contributed by atoms with Crippen LogP contribution < -0.4 is 5.73 Å². The highest BCUT2D eigenvalue weighted by Crippen LogP contribution is 2.32.